The van der Waals surface area contributed by atoms with Crippen LogP contribution < -0.4 is 11.1 Å². The molecule has 0 aromatic heterocycles. The fraction of sp³-hybridized carbons (Fsp3) is 0.900. The molecule has 0 unspecified atom stereocenters. The van der Waals surface area contributed by atoms with Crippen molar-refractivity contribution in [3.8, 4) is 0 Å². The molecule has 0 aliphatic heterocycles. The second-order valence-corrected chi connectivity index (χ2v) is 4.27. The normalized spacial score (nSPS) is 22.8. The van der Waals surface area contributed by atoms with E-state index >= 15 is 0 Å². The van der Waals surface area contributed by atoms with Crippen LogP contribution in [0.1, 0.15) is 39.0 Å². The van der Waals surface area contributed by atoms with Crippen LogP contribution in [0.25, 0.3) is 0 Å². The summed E-state index contributed by atoms with van der Waals surface area (Å²) in [6, 6.07) is -0.204. The Bertz CT molecular complexity index is 200. The number of rotatable bonds is 3. The van der Waals surface area contributed by atoms with E-state index in [0.29, 0.717) is 0 Å². The Hall–Kier alpha value is -0.610. The van der Waals surface area contributed by atoms with E-state index in [2.05, 4.69) is 5.32 Å². The molecule has 1 aliphatic carbocycles. The summed E-state index contributed by atoms with van der Waals surface area (Å²) in [6.45, 7) is 1.73. The lowest BCUT2D eigenvalue weighted by Crippen LogP contribution is -2.57. The molecule has 0 spiro atoms. The summed E-state index contributed by atoms with van der Waals surface area (Å²) in [4.78, 5) is 11.7. The van der Waals surface area contributed by atoms with Gasteiger partial charge in [-0.25, -0.2) is 0 Å². The minimum absolute atomic E-state index is 0.0399. The van der Waals surface area contributed by atoms with Crippen molar-refractivity contribution in [2.24, 2.45) is 5.73 Å². The van der Waals surface area contributed by atoms with Crippen LogP contribution in [0, 0.1) is 0 Å². The van der Waals surface area contributed by atoms with Gasteiger partial charge in [-0.05, 0) is 19.8 Å². The molecule has 4 nitrogen and oxygen atoms in total. The molecule has 1 fully saturated rings. The van der Waals surface area contributed by atoms with E-state index in [4.69, 9.17) is 10.8 Å². The van der Waals surface area contributed by atoms with Gasteiger partial charge in [-0.15, -0.1) is 0 Å². The van der Waals surface area contributed by atoms with Crippen LogP contribution in [0.5, 0.6) is 0 Å². The first kappa shape index (κ1) is 11.5. The third kappa shape index (κ3) is 2.69. The van der Waals surface area contributed by atoms with Gasteiger partial charge in [-0.3, -0.25) is 4.79 Å². The smallest absolute Gasteiger partial charge is 0.240 e. The maximum Gasteiger partial charge on any atom is 0.240 e. The highest BCUT2D eigenvalue weighted by molar-refractivity contribution is 5.86. The van der Waals surface area contributed by atoms with Crippen molar-refractivity contribution in [2.75, 3.05) is 6.61 Å². The zero-order valence-electron chi connectivity index (χ0n) is 8.75. The van der Waals surface area contributed by atoms with Gasteiger partial charge in [0.05, 0.1) is 12.1 Å². The highest BCUT2D eigenvalue weighted by atomic mass is 16.3. The van der Waals surface area contributed by atoms with Gasteiger partial charge in [-0.2, -0.15) is 0 Å². The Labute approximate surface area is 84.9 Å². The van der Waals surface area contributed by atoms with Crippen LogP contribution in [0.3, 0.4) is 0 Å². The maximum atomic E-state index is 11.7. The monoisotopic (exact) mass is 200 g/mol. The molecule has 0 aromatic rings. The van der Waals surface area contributed by atoms with Gasteiger partial charge in [0.1, 0.15) is 0 Å². The fourth-order valence-corrected chi connectivity index (χ4v) is 1.82. The first-order chi connectivity index (χ1) is 6.58. The predicted molar refractivity (Wildman–Crippen MR) is 54.7 cm³/mol. The Morgan fingerprint density at radius 2 is 2.07 bits per heavy atom. The van der Waals surface area contributed by atoms with Gasteiger partial charge in [0, 0.05) is 6.04 Å². The number of aliphatic hydroxyl groups excluding tert-OH is 1. The molecule has 0 heterocycles. The van der Waals surface area contributed by atoms with Crippen molar-refractivity contribution < 1.29 is 9.90 Å². The van der Waals surface area contributed by atoms with E-state index in [-0.39, 0.29) is 18.6 Å². The van der Waals surface area contributed by atoms with Crippen LogP contribution in [0.4, 0.5) is 0 Å². The molecular weight excluding hydrogens is 180 g/mol. The molecule has 82 valence electrons. The van der Waals surface area contributed by atoms with Crippen molar-refractivity contribution >= 4 is 5.91 Å². The van der Waals surface area contributed by atoms with Crippen LogP contribution in [-0.2, 0) is 4.79 Å². The second-order valence-electron chi connectivity index (χ2n) is 4.27. The molecule has 14 heavy (non-hydrogen) atoms. The van der Waals surface area contributed by atoms with Crippen molar-refractivity contribution in [3.63, 3.8) is 0 Å². The number of hydrogen-bond acceptors (Lipinski definition) is 3. The number of aliphatic hydroxyl groups is 1. The highest BCUT2D eigenvalue weighted by Gasteiger charge is 2.35. The first-order valence-electron chi connectivity index (χ1n) is 5.29. The Balaban J connectivity index is 2.49. The molecule has 0 saturated heterocycles. The van der Waals surface area contributed by atoms with Gasteiger partial charge in [0.15, 0.2) is 0 Å². The second kappa shape index (κ2) is 4.75. The highest BCUT2D eigenvalue weighted by Crippen LogP contribution is 2.25. The fourth-order valence-electron chi connectivity index (χ4n) is 1.82. The Morgan fingerprint density at radius 3 is 2.57 bits per heavy atom. The van der Waals surface area contributed by atoms with Crippen LogP contribution in [0.2, 0.25) is 0 Å². The largest absolute Gasteiger partial charge is 0.394 e. The molecule has 0 aromatic carbocycles. The molecule has 0 bridgehead atoms. The number of carbonyl (C=O) groups excluding carboxylic acids is 1. The predicted octanol–water partition coefficient (Wildman–Crippen LogP) is 0.145. The summed E-state index contributed by atoms with van der Waals surface area (Å²) in [7, 11) is 0. The van der Waals surface area contributed by atoms with Gasteiger partial charge < -0.3 is 16.2 Å². The number of hydrogen-bond donors (Lipinski definition) is 3. The van der Waals surface area contributed by atoms with Crippen molar-refractivity contribution in [1.29, 1.82) is 0 Å². The van der Waals surface area contributed by atoms with E-state index in [1.165, 1.54) is 6.42 Å². The maximum absolute atomic E-state index is 11.7. The third-order valence-electron chi connectivity index (χ3n) is 2.85. The molecule has 1 saturated carbocycles. The van der Waals surface area contributed by atoms with Gasteiger partial charge in [0.25, 0.3) is 0 Å². The zero-order chi connectivity index (χ0) is 10.6. The van der Waals surface area contributed by atoms with E-state index < -0.39 is 5.54 Å². The SMILES string of the molecule is C[C@H](CO)NC(=O)C1(N)CCCCC1. The third-order valence-corrected chi connectivity index (χ3v) is 2.85. The molecule has 4 N–H and O–H groups in total. The number of amides is 1. The number of carbonyl (C=O) groups is 1. The summed E-state index contributed by atoms with van der Waals surface area (Å²) in [5, 5.41) is 11.5. The molecule has 1 rings (SSSR count). The van der Waals surface area contributed by atoms with Crippen molar-refractivity contribution in [3.05, 3.63) is 0 Å². The van der Waals surface area contributed by atoms with Crippen LogP contribution in [-0.4, -0.2) is 29.2 Å². The number of nitrogens with one attached hydrogen (secondary N) is 1. The first-order valence-corrected chi connectivity index (χ1v) is 5.29. The summed E-state index contributed by atoms with van der Waals surface area (Å²) in [5.74, 6) is -0.112. The molecule has 0 radical (unpaired) electrons. The lowest BCUT2D eigenvalue weighted by Gasteiger charge is -2.32. The zero-order valence-corrected chi connectivity index (χ0v) is 8.75. The molecule has 1 atom stereocenters. The minimum Gasteiger partial charge on any atom is -0.394 e. The molecule has 4 heteroatoms. The summed E-state index contributed by atoms with van der Waals surface area (Å²) >= 11 is 0. The average Bonchev–Trinajstić information content (AvgIpc) is 2.18. The molecule has 1 aliphatic rings. The van der Waals surface area contributed by atoms with Crippen molar-refractivity contribution in [1.82, 2.24) is 5.32 Å². The van der Waals surface area contributed by atoms with Crippen LogP contribution in [0.15, 0.2) is 0 Å². The van der Waals surface area contributed by atoms with Gasteiger partial charge in [-0.1, -0.05) is 19.3 Å². The summed E-state index contributed by atoms with van der Waals surface area (Å²) in [5.41, 5.74) is 5.32. The van der Waals surface area contributed by atoms with Gasteiger partial charge in [0.2, 0.25) is 5.91 Å². The Kier molecular flexibility index (Phi) is 3.89. The van der Waals surface area contributed by atoms with E-state index in [1.807, 2.05) is 0 Å². The average molecular weight is 200 g/mol. The van der Waals surface area contributed by atoms with E-state index in [9.17, 15) is 4.79 Å². The summed E-state index contributed by atoms with van der Waals surface area (Å²) < 4.78 is 0. The summed E-state index contributed by atoms with van der Waals surface area (Å²) in [6.07, 6.45) is 4.74. The van der Waals surface area contributed by atoms with E-state index in [0.717, 1.165) is 25.7 Å². The van der Waals surface area contributed by atoms with Gasteiger partial charge >= 0.3 is 0 Å². The quantitative estimate of drug-likeness (QED) is 0.607. The topological polar surface area (TPSA) is 75.3 Å². The number of nitrogens with two attached hydrogens (primary N) is 1. The van der Waals surface area contributed by atoms with Crippen LogP contribution >= 0.6 is 0 Å². The lowest BCUT2D eigenvalue weighted by molar-refractivity contribution is -0.128. The molecule has 1 amide bonds. The lowest BCUT2D eigenvalue weighted by atomic mass is 9.82. The van der Waals surface area contributed by atoms with Crippen molar-refractivity contribution in [2.45, 2.75) is 50.6 Å². The van der Waals surface area contributed by atoms with E-state index in [1.54, 1.807) is 6.92 Å². The Morgan fingerprint density at radius 1 is 1.50 bits per heavy atom. The standard InChI is InChI=1S/C10H20N2O2/c1-8(7-13)12-9(14)10(11)5-3-2-4-6-10/h8,13H,2-7,11H2,1H3,(H,12,14)/t8-/m1/s1. The minimum atomic E-state index is -0.693. The molecular formula is C10H20N2O2.